The van der Waals surface area contributed by atoms with Crippen molar-refractivity contribution in [3.63, 3.8) is 0 Å². The number of nitrogens with zero attached hydrogens (tertiary/aromatic N) is 1. The van der Waals surface area contributed by atoms with E-state index in [9.17, 15) is 0 Å². The van der Waals surface area contributed by atoms with E-state index in [0.29, 0.717) is 12.3 Å². The summed E-state index contributed by atoms with van der Waals surface area (Å²) in [6, 6.07) is 1.90. The fourth-order valence-corrected chi connectivity index (χ4v) is 0.332. The molecule has 3 heteroatoms. The van der Waals surface area contributed by atoms with Crippen LogP contribution in [0, 0.1) is 11.3 Å². The molecule has 0 fully saturated rings. The van der Waals surface area contributed by atoms with E-state index in [1.54, 1.807) is 0 Å². The molecule has 0 rings (SSSR count). The molecule has 1 atom stereocenters. The van der Waals surface area contributed by atoms with Crippen LogP contribution in [0.2, 0.25) is 0 Å². The van der Waals surface area contributed by atoms with Crippen LogP contribution in [-0.4, -0.2) is 11.3 Å². The fraction of sp³-hybridized carbons (Fsp3) is 0.750. The molecule has 0 amide bonds. The van der Waals surface area contributed by atoms with Gasteiger partial charge in [-0.05, 0) is 0 Å². The molecule has 0 aromatic carbocycles. The van der Waals surface area contributed by atoms with Crippen LogP contribution in [0.25, 0.3) is 0 Å². The second-order valence-corrected chi connectivity index (χ2v) is 2.04. The van der Waals surface area contributed by atoms with Crippen molar-refractivity contribution in [3.8, 4) is 6.07 Å². The second-order valence-electron chi connectivity index (χ2n) is 1.11. The number of hydrogen-bond donors (Lipinski definition) is 0. The predicted molar refractivity (Wildman–Crippen MR) is 30.6 cm³/mol. The average Bonchev–Trinajstić information content (AvgIpc) is 1.68. The van der Waals surface area contributed by atoms with Gasteiger partial charge in [-0.2, -0.15) is 5.26 Å². The van der Waals surface area contributed by atoms with Gasteiger partial charge in [0, 0.05) is 5.88 Å². The molecule has 0 radical (unpaired) electrons. The molecule has 40 valence electrons. The Morgan fingerprint density at radius 2 is 2.29 bits per heavy atom. The molecule has 0 aromatic rings. The number of halogens is 2. The minimum absolute atomic E-state index is 0.174. The molecule has 1 nitrogen and oxygen atoms in total. The molecule has 0 N–H and O–H groups in total. The molecule has 0 bridgehead atoms. The van der Waals surface area contributed by atoms with Gasteiger partial charge in [0.25, 0.3) is 0 Å². The standard InChI is InChI=1S/C4H5Cl2N/c5-3-4(6)1-2-7/h4H,1,3H2/t4-/m1/s1. The van der Waals surface area contributed by atoms with E-state index in [2.05, 4.69) is 0 Å². The molecule has 0 saturated carbocycles. The van der Waals surface area contributed by atoms with Crippen LogP contribution in [0.1, 0.15) is 6.42 Å². The zero-order chi connectivity index (χ0) is 5.70. The number of alkyl halides is 2. The second kappa shape index (κ2) is 4.23. The lowest BCUT2D eigenvalue weighted by molar-refractivity contribution is 0.986. The summed E-state index contributed by atoms with van der Waals surface area (Å²) in [4.78, 5) is 0. The third-order valence-corrected chi connectivity index (χ3v) is 1.32. The molecule has 0 heterocycles. The lowest BCUT2D eigenvalue weighted by atomic mass is 10.4. The minimum atomic E-state index is -0.174. The highest BCUT2D eigenvalue weighted by atomic mass is 35.5. The Labute approximate surface area is 52.8 Å². The lowest BCUT2D eigenvalue weighted by Crippen LogP contribution is -1.96. The van der Waals surface area contributed by atoms with Gasteiger partial charge in [-0.15, -0.1) is 23.2 Å². The van der Waals surface area contributed by atoms with Crippen molar-refractivity contribution in [2.75, 3.05) is 5.88 Å². The van der Waals surface area contributed by atoms with Gasteiger partial charge in [-0.25, -0.2) is 0 Å². The summed E-state index contributed by atoms with van der Waals surface area (Å²) < 4.78 is 0. The molecule has 0 spiro atoms. The number of rotatable bonds is 2. The monoisotopic (exact) mass is 137 g/mol. The van der Waals surface area contributed by atoms with Crippen molar-refractivity contribution in [1.82, 2.24) is 0 Å². The van der Waals surface area contributed by atoms with Gasteiger partial charge in [0.2, 0.25) is 0 Å². The molecule has 0 unspecified atom stereocenters. The largest absolute Gasteiger partial charge is 0.198 e. The maximum atomic E-state index is 7.97. The Kier molecular flexibility index (Phi) is 4.28. The fourth-order valence-electron chi connectivity index (χ4n) is 0.154. The van der Waals surface area contributed by atoms with Crippen molar-refractivity contribution in [1.29, 1.82) is 5.26 Å². The summed E-state index contributed by atoms with van der Waals surface area (Å²) in [5, 5.41) is 7.80. The molecule has 0 saturated heterocycles. The first kappa shape index (κ1) is 7.07. The number of nitriles is 1. The molecular formula is C4H5Cl2N. The van der Waals surface area contributed by atoms with Gasteiger partial charge in [0.05, 0.1) is 17.9 Å². The van der Waals surface area contributed by atoms with E-state index < -0.39 is 0 Å². The van der Waals surface area contributed by atoms with Gasteiger partial charge in [-0.1, -0.05) is 0 Å². The summed E-state index contributed by atoms with van der Waals surface area (Å²) in [5.74, 6) is 0.356. The third-order valence-electron chi connectivity index (χ3n) is 0.480. The Morgan fingerprint density at radius 3 is 2.43 bits per heavy atom. The van der Waals surface area contributed by atoms with Crippen LogP contribution in [0.4, 0.5) is 0 Å². The van der Waals surface area contributed by atoms with Gasteiger partial charge >= 0.3 is 0 Å². The average molecular weight is 138 g/mol. The third kappa shape index (κ3) is 3.91. The van der Waals surface area contributed by atoms with E-state index in [0.717, 1.165) is 0 Å². The van der Waals surface area contributed by atoms with Crippen molar-refractivity contribution >= 4 is 23.2 Å². The quantitative estimate of drug-likeness (QED) is 0.533. The first-order valence-corrected chi connectivity index (χ1v) is 2.85. The van der Waals surface area contributed by atoms with Crippen molar-refractivity contribution < 1.29 is 0 Å². The summed E-state index contributed by atoms with van der Waals surface area (Å²) >= 11 is 10.7. The summed E-state index contributed by atoms with van der Waals surface area (Å²) in [6.07, 6.45) is 0.338. The summed E-state index contributed by atoms with van der Waals surface area (Å²) in [7, 11) is 0. The summed E-state index contributed by atoms with van der Waals surface area (Å²) in [6.45, 7) is 0. The summed E-state index contributed by atoms with van der Waals surface area (Å²) in [5.41, 5.74) is 0. The molecule has 0 aromatic heterocycles. The zero-order valence-corrected chi connectivity index (χ0v) is 5.21. The number of hydrogen-bond acceptors (Lipinski definition) is 1. The van der Waals surface area contributed by atoms with E-state index >= 15 is 0 Å². The van der Waals surface area contributed by atoms with Crippen LogP contribution in [-0.2, 0) is 0 Å². The Morgan fingerprint density at radius 1 is 1.71 bits per heavy atom. The van der Waals surface area contributed by atoms with E-state index in [1.165, 1.54) is 0 Å². The Bertz CT molecular complexity index is 76.2. The molecule has 0 aliphatic carbocycles. The van der Waals surface area contributed by atoms with Gasteiger partial charge in [0.15, 0.2) is 0 Å². The highest BCUT2D eigenvalue weighted by Gasteiger charge is 1.97. The van der Waals surface area contributed by atoms with Gasteiger partial charge < -0.3 is 0 Å². The normalized spacial score (nSPS) is 12.7. The van der Waals surface area contributed by atoms with Crippen LogP contribution in [0.5, 0.6) is 0 Å². The van der Waals surface area contributed by atoms with Gasteiger partial charge in [-0.3, -0.25) is 0 Å². The highest BCUT2D eigenvalue weighted by Crippen LogP contribution is 2.01. The maximum Gasteiger partial charge on any atom is 0.0637 e. The zero-order valence-electron chi connectivity index (χ0n) is 3.69. The van der Waals surface area contributed by atoms with Crippen LogP contribution in [0.15, 0.2) is 0 Å². The molecule has 0 aliphatic heterocycles. The Hall–Kier alpha value is 0.0700. The van der Waals surface area contributed by atoms with E-state index in [-0.39, 0.29) is 5.38 Å². The van der Waals surface area contributed by atoms with Crippen molar-refractivity contribution in [3.05, 3.63) is 0 Å². The first-order valence-electron chi connectivity index (χ1n) is 1.88. The smallest absolute Gasteiger partial charge is 0.0637 e. The van der Waals surface area contributed by atoms with Crippen molar-refractivity contribution in [2.45, 2.75) is 11.8 Å². The van der Waals surface area contributed by atoms with Crippen LogP contribution < -0.4 is 0 Å². The highest BCUT2D eigenvalue weighted by molar-refractivity contribution is 6.28. The van der Waals surface area contributed by atoms with Crippen molar-refractivity contribution in [2.24, 2.45) is 0 Å². The molecular weight excluding hydrogens is 133 g/mol. The van der Waals surface area contributed by atoms with E-state index in [4.69, 9.17) is 28.5 Å². The van der Waals surface area contributed by atoms with Crippen LogP contribution in [0.3, 0.4) is 0 Å². The molecule has 7 heavy (non-hydrogen) atoms. The topological polar surface area (TPSA) is 23.8 Å². The molecule has 0 aliphatic rings. The SMILES string of the molecule is N#CC[C@@H](Cl)CCl. The van der Waals surface area contributed by atoms with Crippen LogP contribution >= 0.6 is 23.2 Å². The lowest BCUT2D eigenvalue weighted by Gasteiger charge is -1.92. The Balaban J connectivity index is 3.03. The minimum Gasteiger partial charge on any atom is -0.198 e. The first-order chi connectivity index (χ1) is 3.31. The van der Waals surface area contributed by atoms with Gasteiger partial charge in [0.1, 0.15) is 0 Å². The predicted octanol–water partition coefficient (Wildman–Crippen LogP) is 1.75. The van der Waals surface area contributed by atoms with E-state index in [1.807, 2.05) is 6.07 Å². The maximum absolute atomic E-state index is 7.97.